The standard InChI is InChI=1S/C25H32N6O5/c1-17(2)28-21(32)16-31-24(18-5-6-26-22(13-18)34-3)29-23-20(25(31)33)14-19(15-27-23)36-10-4-7-30-8-11-35-12-9-30/h5-6,13-15,17H,4,7-12,16H2,1-3H3,(H,28,32). The zero-order valence-corrected chi connectivity index (χ0v) is 20.9. The lowest BCUT2D eigenvalue weighted by Crippen LogP contribution is -2.37. The van der Waals surface area contributed by atoms with Gasteiger partial charge in [-0.2, -0.15) is 0 Å². The quantitative estimate of drug-likeness (QED) is 0.416. The molecule has 0 atom stereocenters. The largest absolute Gasteiger partial charge is 0.492 e. The molecule has 192 valence electrons. The number of morpholine rings is 1. The maximum atomic E-state index is 13.6. The first kappa shape index (κ1) is 25.5. The molecular formula is C25H32N6O5. The van der Waals surface area contributed by atoms with E-state index < -0.39 is 0 Å². The van der Waals surface area contributed by atoms with E-state index in [2.05, 4.69) is 25.2 Å². The third kappa shape index (κ3) is 6.35. The first-order valence-corrected chi connectivity index (χ1v) is 12.1. The Morgan fingerprint density at radius 3 is 2.78 bits per heavy atom. The number of amides is 1. The van der Waals surface area contributed by atoms with Crippen molar-refractivity contribution in [2.45, 2.75) is 32.9 Å². The zero-order chi connectivity index (χ0) is 25.5. The highest BCUT2D eigenvalue weighted by molar-refractivity contribution is 5.80. The van der Waals surface area contributed by atoms with E-state index in [1.165, 1.54) is 11.7 Å². The number of nitrogens with zero attached hydrogens (tertiary/aromatic N) is 5. The van der Waals surface area contributed by atoms with Crippen LogP contribution in [-0.2, 0) is 16.1 Å². The molecule has 1 N–H and O–H groups in total. The molecule has 1 amide bonds. The molecule has 4 heterocycles. The van der Waals surface area contributed by atoms with Crippen molar-refractivity contribution in [3.05, 3.63) is 40.9 Å². The number of hydrogen-bond acceptors (Lipinski definition) is 9. The van der Waals surface area contributed by atoms with Crippen molar-refractivity contribution in [3.8, 4) is 23.0 Å². The minimum atomic E-state index is -0.379. The summed E-state index contributed by atoms with van der Waals surface area (Å²) in [5.41, 5.74) is 0.478. The van der Waals surface area contributed by atoms with E-state index in [0.717, 1.165) is 39.3 Å². The number of fused-ring (bicyclic) bond motifs is 1. The van der Waals surface area contributed by atoms with Gasteiger partial charge in [0.25, 0.3) is 5.56 Å². The van der Waals surface area contributed by atoms with Crippen LogP contribution >= 0.6 is 0 Å². The van der Waals surface area contributed by atoms with Gasteiger partial charge in [0.05, 0.1) is 38.5 Å². The Morgan fingerprint density at radius 1 is 1.22 bits per heavy atom. The van der Waals surface area contributed by atoms with E-state index in [1.54, 1.807) is 30.6 Å². The molecule has 0 saturated carbocycles. The number of aromatic nitrogens is 4. The summed E-state index contributed by atoms with van der Waals surface area (Å²) in [5.74, 6) is 0.867. The summed E-state index contributed by atoms with van der Waals surface area (Å²) >= 11 is 0. The Hall–Kier alpha value is -3.57. The summed E-state index contributed by atoms with van der Waals surface area (Å²) in [4.78, 5) is 41.6. The fraction of sp³-hybridized carbons (Fsp3) is 0.480. The summed E-state index contributed by atoms with van der Waals surface area (Å²) in [6.07, 6.45) is 3.97. The van der Waals surface area contributed by atoms with Crippen molar-refractivity contribution in [3.63, 3.8) is 0 Å². The van der Waals surface area contributed by atoms with Gasteiger partial charge in [0.2, 0.25) is 11.8 Å². The Kier molecular flexibility index (Phi) is 8.44. The van der Waals surface area contributed by atoms with Crippen LogP contribution in [0.15, 0.2) is 35.4 Å². The minimum absolute atomic E-state index is 0.0646. The van der Waals surface area contributed by atoms with Crippen LogP contribution in [0.2, 0.25) is 0 Å². The van der Waals surface area contributed by atoms with E-state index in [1.807, 2.05) is 13.8 Å². The van der Waals surface area contributed by atoms with Gasteiger partial charge >= 0.3 is 0 Å². The highest BCUT2D eigenvalue weighted by atomic mass is 16.5. The Bertz CT molecular complexity index is 1260. The fourth-order valence-electron chi connectivity index (χ4n) is 4.01. The van der Waals surface area contributed by atoms with Crippen LogP contribution in [0.5, 0.6) is 11.6 Å². The summed E-state index contributed by atoms with van der Waals surface area (Å²) < 4.78 is 17.8. The average molecular weight is 497 g/mol. The third-order valence-electron chi connectivity index (χ3n) is 5.73. The molecule has 0 aliphatic carbocycles. The highest BCUT2D eigenvalue weighted by Crippen LogP contribution is 2.22. The summed E-state index contributed by atoms with van der Waals surface area (Å²) in [6, 6.07) is 4.94. The maximum absolute atomic E-state index is 13.6. The molecule has 0 radical (unpaired) electrons. The Balaban J connectivity index is 1.61. The van der Waals surface area contributed by atoms with E-state index in [0.29, 0.717) is 29.6 Å². The Labute approximate surface area is 209 Å². The van der Waals surface area contributed by atoms with Crippen molar-refractivity contribution in [1.29, 1.82) is 0 Å². The number of nitrogens with one attached hydrogen (secondary N) is 1. The predicted octanol–water partition coefficient (Wildman–Crippen LogP) is 1.49. The second kappa shape index (κ2) is 11.9. The summed E-state index contributed by atoms with van der Waals surface area (Å²) in [5, 5.41) is 3.11. The van der Waals surface area contributed by atoms with Crippen LogP contribution in [0.1, 0.15) is 20.3 Å². The number of ether oxygens (including phenoxy) is 3. The highest BCUT2D eigenvalue weighted by Gasteiger charge is 2.18. The van der Waals surface area contributed by atoms with Crippen LogP contribution in [-0.4, -0.2) is 82.9 Å². The van der Waals surface area contributed by atoms with Crippen molar-refractivity contribution in [2.24, 2.45) is 0 Å². The molecular weight excluding hydrogens is 464 g/mol. The van der Waals surface area contributed by atoms with Crippen molar-refractivity contribution < 1.29 is 19.0 Å². The number of carbonyl (C=O) groups is 1. The van der Waals surface area contributed by atoms with E-state index in [-0.39, 0.29) is 35.1 Å². The van der Waals surface area contributed by atoms with Crippen LogP contribution in [0.4, 0.5) is 0 Å². The molecule has 3 aromatic heterocycles. The number of pyridine rings is 2. The number of hydrogen-bond donors (Lipinski definition) is 1. The molecule has 1 saturated heterocycles. The molecule has 1 fully saturated rings. The normalized spacial score (nSPS) is 14.2. The van der Waals surface area contributed by atoms with Gasteiger partial charge in [-0.3, -0.25) is 19.1 Å². The van der Waals surface area contributed by atoms with Crippen molar-refractivity contribution in [2.75, 3.05) is 46.6 Å². The summed E-state index contributed by atoms with van der Waals surface area (Å²) in [7, 11) is 1.51. The molecule has 1 aliphatic heterocycles. The van der Waals surface area contributed by atoms with Gasteiger partial charge in [0, 0.05) is 43.5 Å². The minimum Gasteiger partial charge on any atom is -0.492 e. The van der Waals surface area contributed by atoms with Gasteiger partial charge in [-0.05, 0) is 32.4 Å². The van der Waals surface area contributed by atoms with Gasteiger partial charge in [-0.25, -0.2) is 15.0 Å². The second-order valence-corrected chi connectivity index (χ2v) is 8.83. The number of rotatable bonds is 10. The van der Waals surface area contributed by atoms with Gasteiger partial charge in [-0.1, -0.05) is 0 Å². The number of methoxy groups -OCH3 is 1. The summed E-state index contributed by atoms with van der Waals surface area (Å²) in [6.45, 7) is 8.33. The SMILES string of the molecule is COc1cc(-c2nc3ncc(OCCCN4CCOCC4)cc3c(=O)n2CC(=O)NC(C)C)ccn1. The van der Waals surface area contributed by atoms with E-state index >= 15 is 0 Å². The van der Waals surface area contributed by atoms with Crippen LogP contribution < -0.4 is 20.3 Å². The van der Waals surface area contributed by atoms with Gasteiger partial charge in [-0.15, -0.1) is 0 Å². The molecule has 4 rings (SSSR count). The van der Waals surface area contributed by atoms with Gasteiger partial charge in [0.1, 0.15) is 18.1 Å². The second-order valence-electron chi connectivity index (χ2n) is 8.83. The lowest BCUT2D eigenvalue weighted by atomic mass is 10.2. The monoisotopic (exact) mass is 496 g/mol. The molecule has 0 unspecified atom stereocenters. The van der Waals surface area contributed by atoms with Crippen molar-refractivity contribution in [1.82, 2.24) is 29.7 Å². The first-order valence-electron chi connectivity index (χ1n) is 12.1. The maximum Gasteiger partial charge on any atom is 0.263 e. The smallest absolute Gasteiger partial charge is 0.263 e. The first-order chi connectivity index (χ1) is 17.4. The molecule has 11 heteroatoms. The Morgan fingerprint density at radius 2 is 2.03 bits per heavy atom. The van der Waals surface area contributed by atoms with Crippen LogP contribution in [0, 0.1) is 0 Å². The lowest BCUT2D eigenvalue weighted by molar-refractivity contribution is -0.122. The van der Waals surface area contributed by atoms with Crippen LogP contribution in [0.25, 0.3) is 22.4 Å². The lowest BCUT2D eigenvalue weighted by Gasteiger charge is -2.26. The number of carbonyl (C=O) groups excluding carboxylic acids is 1. The zero-order valence-electron chi connectivity index (χ0n) is 20.9. The van der Waals surface area contributed by atoms with Gasteiger partial charge < -0.3 is 19.5 Å². The molecule has 0 aromatic carbocycles. The molecule has 0 spiro atoms. The van der Waals surface area contributed by atoms with Crippen LogP contribution in [0.3, 0.4) is 0 Å². The average Bonchev–Trinajstić information content (AvgIpc) is 2.88. The topological polar surface area (TPSA) is 121 Å². The molecule has 36 heavy (non-hydrogen) atoms. The fourth-order valence-corrected chi connectivity index (χ4v) is 4.01. The van der Waals surface area contributed by atoms with Crippen molar-refractivity contribution >= 4 is 16.9 Å². The molecule has 3 aromatic rings. The predicted molar refractivity (Wildman–Crippen MR) is 134 cm³/mol. The molecule has 1 aliphatic rings. The third-order valence-corrected chi connectivity index (χ3v) is 5.73. The van der Waals surface area contributed by atoms with E-state index in [9.17, 15) is 9.59 Å². The molecule has 0 bridgehead atoms. The molecule has 11 nitrogen and oxygen atoms in total. The van der Waals surface area contributed by atoms with Gasteiger partial charge in [0.15, 0.2) is 5.65 Å². The van der Waals surface area contributed by atoms with E-state index in [4.69, 9.17) is 14.2 Å².